The van der Waals surface area contributed by atoms with E-state index in [1.807, 2.05) is 24.3 Å². The molecule has 1 N–H and O–H groups in total. The Morgan fingerprint density at radius 1 is 1.14 bits per heavy atom. The first-order valence-corrected chi connectivity index (χ1v) is 7.44. The van der Waals surface area contributed by atoms with Crippen molar-refractivity contribution in [3.8, 4) is 11.5 Å². The van der Waals surface area contributed by atoms with E-state index in [1.54, 1.807) is 13.2 Å². The molecule has 0 aliphatic carbocycles. The van der Waals surface area contributed by atoms with E-state index in [2.05, 4.69) is 19.2 Å². The minimum atomic E-state index is -0.263. The summed E-state index contributed by atoms with van der Waals surface area (Å²) in [4.78, 5) is 0. The van der Waals surface area contributed by atoms with Crippen LogP contribution in [0.2, 0.25) is 0 Å². The van der Waals surface area contributed by atoms with Gasteiger partial charge in [0.05, 0.1) is 7.11 Å². The second-order valence-electron chi connectivity index (χ2n) is 5.24. The van der Waals surface area contributed by atoms with E-state index in [1.165, 1.54) is 12.1 Å². The molecule has 0 bridgehead atoms. The van der Waals surface area contributed by atoms with Crippen LogP contribution in [0.3, 0.4) is 0 Å². The summed E-state index contributed by atoms with van der Waals surface area (Å²) in [6.07, 6.45) is 1.04. The maximum absolute atomic E-state index is 13.2. The average Bonchev–Trinajstić information content (AvgIpc) is 2.53. The number of hydrogen-bond donors (Lipinski definition) is 1. The van der Waals surface area contributed by atoms with Gasteiger partial charge in [-0.1, -0.05) is 19.1 Å². The van der Waals surface area contributed by atoms with Gasteiger partial charge < -0.3 is 14.8 Å². The largest absolute Gasteiger partial charge is 0.493 e. The molecule has 118 valence electrons. The number of rotatable bonds is 7. The number of halogens is 1. The summed E-state index contributed by atoms with van der Waals surface area (Å²) in [6, 6.07) is 12.5. The van der Waals surface area contributed by atoms with E-state index in [4.69, 9.17) is 9.47 Å². The summed E-state index contributed by atoms with van der Waals surface area (Å²) in [6.45, 7) is 4.55. The molecule has 3 nitrogen and oxygen atoms in total. The van der Waals surface area contributed by atoms with Gasteiger partial charge in [0, 0.05) is 17.8 Å². The first-order valence-electron chi connectivity index (χ1n) is 7.44. The zero-order valence-corrected chi connectivity index (χ0v) is 13.2. The Bertz CT molecular complexity index is 616. The van der Waals surface area contributed by atoms with E-state index >= 15 is 0 Å². The lowest BCUT2D eigenvalue weighted by molar-refractivity contribution is 0.284. The van der Waals surface area contributed by atoms with Gasteiger partial charge >= 0.3 is 0 Å². The lowest BCUT2D eigenvalue weighted by atomic mass is 10.2. The van der Waals surface area contributed by atoms with E-state index in [9.17, 15) is 4.39 Å². The van der Waals surface area contributed by atoms with Crippen molar-refractivity contribution in [2.75, 3.05) is 12.4 Å². The molecule has 0 aromatic heterocycles. The molecule has 2 rings (SSSR count). The SMILES string of the molecule is CCC(C)Nc1ccc(OCc2cccc(F)c2)c(OC)c1. The van der Waals surface area contributed by atoms with Crippen molar-refractivity contribution in [1.82, 2.24) is 0 Å². The van der Waals surface area contributed by atoms with Crippen LogP contribution in [-0.2, 0) is 6.61 Å². The minimum Gasteiger partial charge on any atom is -0.493 e. The van der Waals surface area contributed by atoms with Crippen LogP contribution in [0.25, 0.3) is 0 Å². The van der Waals surface area contributed by atoms with Crippen LogP contribution in [0.1, 0.15) is 25.8 Å². The van der Waals surface area contributed by atoms with Crippen LogP contribution in [0, 0.1) is 5.82 Å². The predicted molar refractivity (Wildman–Crippen MR) is 87.1 cm³/mol. The van der Waals surface area contributed by atoms with Crippen molar-refractivity contribution in [2.45, 2.75) is 32.9 Å². The van der Waals surface area contributed by atoms with Crippen LogP contribution >= 0.6 is 0 Å². The number of methoxy groups -OCH3 is 1. The quantitative estimate of drug-likeness (QED) is 0.809. The number of benzene rings is 2. The molecule has 0 spiro atoms. The number of anilines is 1. The third-order valence-corrected chi connectivity index (χ3v) is 3.47. The fourth-order valence-corrected chi connectivity index (χ4v) is 2.05. The number of ether oxygens (including phenoxy) is 2. The van der Waals surface area contributed by atoms with Crippen LogP contribution < -0.4 is 14.8 Å². The van der Waals surface area contributed by atoms with Crippen molar-refractivity contribution in [1.29, 1.82) is 0 Å². The molecule has 0 amide bonds. The monoisotopic (exact) mass is 303 g/mol. The van der Waals surface area contributed by atoms with Gasteiger partial charge in [0.1, 0.15) is 12.4 Å². The molecule has 2 aromatic carbocycles. The highest BCUT2D eigenvalue weighted by Crippen LogP contribution is 2.31. The Morgan fingerprint density at radius 2 is 1.95 bits per heavy atom. The summed E-state index contributed by atoms with van der Waals surface area (Å²) in [5, 5.41) is 3.39. The van der Waals surface area contributed by atoms with Gasteiger partial charge in [-0.3, -0.25) is 0 Å². The maximum atomic E-state index is 13.2. The molecule has 0 aliphatic rings. The highest BCUT2D eigenvalue weighted by atomic mass is 19.1. The molecule has 1 unspecified atom stereocenters. The molecular formula is C18H22FNO2. The second kappa shape index (κ2) is 7.69. The first-order chi connectivity index (χ1) is 10.6. The second-order valence-corrected chi connectivity index (χ2v) is 5.24. The third-order valence-electron chi connectivity index (χ3n) is 3.47. The molecule has 4 heteroatoms. The fraction of sp³-hybridized carbons (Fsp3) is 0.333. The fourth-order valence-electron chi connectivity index (χ4n) is 2.05. The van der Waals surface area contributed by atoms with Crippen molar-refractivity contribution in [3.63, 3.8) is 0 Å². The average molecular weight is 303 g/mol. The highest BCUT2D eigenvalue weighted by Gasteiger charge is 2.08. The highest BCUT2D eigenvalue weighted by molar-refractivity contribution is 5.55. The van der Waals surface area contributed by atoms with Crippen molar-refractivity contribution in [2.24, 2.45) is 0 Å². The van der Waals surface area contributed by atoms with Gasteiger partial charge in [0.25, 0.3) is 0 Å². The van der Waals surface area contributed by atoms with Crippen LogP contribution in [0.4, 0.5) is 10.1 Å². The first kappa shape index (κ1) is 16.1. The maximum Gasteiger partial charge on any atom is 0.162 e. The summed E-state index contributed by atoms with van der Waals surface area (Å²) in [5.41, 5.74) is 1.77. The predicted octanol–water partition coefficient (Wildman–Crippen LogP) is 4.62. The Kier molecular flexibility index (Phi) is 5.64. The smallest absolute Gasteiger partial charge is 0.162 e. The van der Waals surface area contributed by atoms with E-state index in [0.717, 1.165) is 17.7 Å². The Labute approximate surface area is 131 Å². The molecule has 0 aliphatic heterocycles. The molecule has 0 fully saturated rings. The molecular weight excluding hydrogens is 281 g/mol. The molecule has 1 atom stereocenters. The Morgan fingerprint density at radius 3 is 2.64 bits per heavy atom. The lowest BCUT2D eigenvalue weighted by Crippen LogP contribution is -2.13. The van der Waals surface area contributed by atoms with Crippen molar-refractivity contribution in [3.05, 3.63) is 53.8 Å². The summed E-state index contributed by atoms with van der Waals surface area (Å²) >= 11 is 0. The van der Waals surface area contributed by atoms with Crippen LogP contribution in [0.15, 0.2) is 42.5 Å². The molecule has 0 saturated heterocycles. The summed E-state index contributed by atoms with van der Waals surface area (Å²) in [5.74, 6) is 1.03. The van der Waals surface area contributed by atoms with E-state index in [0.29, 0.717) is 24.1 Å². The molecule has 0 saturated carbocycles. The van der Waals surface area contributed by atoms with Crippen molar-refractivity contribution < 1.29 is 13.9 Å². The van der Waals surface area contributed by atoms with Gasteiger partial charge in [-0.15, -0.1) is 0 Å². The number of nitrogens with one attached hydrogen (secondary N) is 1. The Hall–Kier alpha value is -2.23. The third kappa shape index (κ3) is 4.38. The van der Waals surface area contributed by atoms with Gasteiger partial charge in [-0.05, 0) is 43.2 Å². The van der Waals surface area contributed by atoms with Crippen LogP contribution in [-0.4, -0.2) is 13.2 Å². The normalized spacial score (nSPS) is 11.8. The zero-order chi connectivity index (χ0) is 15.9. The van der Waals surface area contributed by atoms with E-state index < -0.39 is 0 Å². The van der Waals surface area contributed by atoms with Crippen LogP contribution in [0.5, 0.6) is 11.5 Å². The topological polar surface area (TPSA) is 30.5 Å². The molecule has 0 heterocycles. The Balaban J connectivity index is 2.07. The molecule has 2 aromatic rings. The summed E-state index contributed by atoms with van der Waals surface area (Å²) in [7, 11) is 1.61. The van der Waals surface area contributed by atoms with Gasteiger partial charge in [0.2, 0.25) is 0 Å². The van der Waals surface area contributed by atoms with Gasteiger partial charge in [-0.25, -0.2) is 4.39 Å². The van der Waals surface area contributed by atoms with Gasteiger partial charge in [-0.2, -0.15) is 0 Å². The van der Waals surface area contributed by atoms with Gasteiger partial charge in [0.15, 0.2) is 11.5 Å². The lowest BCUT2D eigenvalue weighted by Gasteiger charge is -2.16. The number of hydrogen-bond acceptors (Lipinski definition) is 3. The molecule has 22 heavy (non-hydrogen) atoms. The zero-order valence-electron chi connectivity index (χ0n) is 13.2. The van der Waals surface area contributed by atoms with Crippen molar-refractivity contribution >= 4 is 5.69 Å². The minimum absolute atomic E-state index is 0.263. The molecule has 0 radical (unpaired) electrons. The van der Waals surface area contributed by atoms with E-state index in [-0.39, 0.29) is 5.82 Å². The standard InChI is InChI=1S/C18H22FNO2/c1-4-13(2)20-16-8-9-17(18(11-16)21-3)22-12-14-6-5-7-15(19)10-14/h5-11,13,20H,4,12H2,1-3H3. The summed E-state index contributed by atoms with van der Waals surface area (Å²) < 4.78 is 24.3.